The van der Waals surface area contributed by atoms with E-state index in [4.69, 9.17) is 18.2 Å². The van der Waals surface area contributed by atoms with Gasteiger partial charge < -0.3 is 21.3 Å². The zero-order valence-electron chi connectivity index (χ0n) is 73.2. The third-order valence-electron chi connectivity index (χ3n) is 18.5. The van der Waals surface area contributed by atoms with E-state index in [0.717, 1.165) is 28.4 Å². The third-order valence-corrected chi connectivity index (χ3v) is 20.2. The molecule has 24 heteroatoms. The highest BCUT2D eigenvalue weighted by Gasteiger charge is 2.01. The van der Waals surface area contributed by atoms with Gasteiger partial charge in [-0.3, -0.25) is 34.9 Å². The molecule has 0 aromatic heterocycles. The summed E-state index contributed by atoms with van der Waals surface area (Å²) in [7, 11) is -13.2. The van der Waals surface area contributed by atoms with Crippen molar-refractivity contribution in [2.75, 3.05) is 80.8 Å². The van der Waals surface area contributed by atoms with Crippen LogP contribution in [0.2, 0.25) is 0 Å². The highest BCUT2D eigenvalue weighted by atomic mass is 32.3. The van der Waals surface area contributed by atoms with Crippen LogP contribution in [0.4, 0.5) is 0 Å². The van der Waals surface area contributed by atoms with Crippen molar-refractivity contribution in [2.24, 2.45) is 0 Å². The number of hydrogen-bond acceptors (Lipinski definition) is 16. The molecule has 0 rings (SSSR count). The molecular formula is C84H188N4O16S4. The summed E-state index contributed by atoms with van der Waals surface area (Å²) in [5.41, 5.74) is 0. The lowest BCUT2D eigenvalue weighted by Gasteiger charge is -2.05. The molecule has 0 saturated carbocycles. The maximum atomic E-state index is 9.33. The molecule has 0 spiro atoms. The summed E-state index contributed by atoms with van der Waals surface area (Å²) in [4.78, 5) is 0. The lowest BCUT2D eigenvalue weighted by atomic mass is 10.1. The Morgan fingerprint density at radius 1 is 0.157 bits per heavy atom. The molecule has 0 saturated heterocycles. The van der Waals surface area contributed by atoms with Crippen molar-refractivity contribution in [1.29, 1.82) is 0 Å². The van der Waals surface area contributed by atoms with Crippen molar-refractivity contribution in [1.82, 2.24) is 21.3 Å². The fourth-order valence-electron chi connectivity index (χ4n) is 11.6. The van der Waals surface area contributed by atoms with Crippen molar-refractivity contribution in [3.05, 3.63) is 0 Å². The summed E-state index contributed by atoms with van der Waals surface area (Å²) in [6, 6.07) is 0. The van der Waals surface area contributed by atoms with E-state index in [1.807, 2.05) is 0 Å². The quantitative estimate of drug-likeness (QED) is 0.0207. The van der Waals surface area contributed by atoms with E-state index in [9.17, 15) is 33.7 Å². The highest BCUT2D eigenvalue weighted by Crippen LogP contribution is 2.15. The van der Waals surface area contributed by atoms with E-state index in [-0.39, 0.29) is 0 Å². The van der Waals surface area contributed by atoms with Crippen LogP contribution in [0, 0.1) is 0 Å². The molecule has 0 amide bonds. The van der Waals surface area contributed by atoms with Crippen molar-refractivity contribution < 1.29 is 68.6 Å². The van der Waals surface area contributed by atoms with Gasteiger partial charge in [0.15, 0.2) is 0 Å². The SMILES string of the molecule is CCCCCCCCCCNCCCCCCCCCC.CCCCCCCCCCNCCCCCCCCCC.CCCCCCCCCCNCCCCCCCCCC.CCCCCCCCCCNCCCCCCCCCC.COS(=O)(=O)O.COS(=O)(=O)O.COS(=O)(=O)O.COS(=O)(=O)O. The van der Waals surface area contributed by atoms with E-state index < -0.39 is 41.6 Å². The van der Waals surface area contributed by atoms with Crippen LogP contribution in [-0.4, -0.2) is 133 Å². The molecule has 0 aromatic rings. The Hall–Kier alpha value is -0.680. The van der Waals surface area contributed by atoms with Crippen molar-refractivity contribution >= 4 is 41.6 Å². The van der Waals surface area contributed by atoms with Crippen molar-refractivity contribution in [2.45, 2.75) is 466 Å². The molecule has 20 nitrogen and oxygen atoms in total. The molecule has 0 aliphatic heterocycles. The standard InChI is InChI=1S/4C20H43N.4CH4O4S/c4*1-3-5-7-9-11-13-15-17-19-21-20-18-16-14-12-10-8-6-4-2;4*1-5-6(2,3)4/h4*21H,3-20H2,1-2H3;4*1H3,(H,2,3,4). The molecule has 0 aliphatic carbocycles. The zero-order chi connectivity index (χ0) is 82.6. The maximum Gasteiger partial charge on any atom is 0.397 e. The van der Waals surface area contributed by atoms with Gasteiger partial charge in [0, 0.05) is 0 Å². The predicted molar refractivity (Wildman–Crippen MR) is 467 cm³/mol. The number of hydrogen-bond donors (Lipinski definition) is 8. The zero-order valence-corrected chi connectivity index (χ0v) is 76.5. The van der Waals surface area contributed by atoms with Crippen LogP contribution in [0.15, 0.2) is 0 Å². The molecule has 0 fully saturated rings. The monoisotopic (exact) mass is 1640 g/mol. The Kier molecular flexibility index (Phi) is 126. The normalized spacial score (nSPS) is 11.3. The molecule has 0 aromatic carbocycles. The van der Waals surface area contributed by atoms with Crippen molar-refractivity contribution in [3.63, 3.8) is 0 Å². The van der Waals surface area contributed by atoms with Gasteiger partial charge in [0.2, 0.25) is 0 Å². The first-order valence-electron chi connectivity index (χ1n) is 44.8. The minimum Gasteiger partial charge on any atom is -0.317 e. The van der Waals surface area contributed by atoms with Crippen LogP contribution >= 0.6 is 0 Å². The lowest BCUT2D eigenvalue weighted by Crippen LogP contribution is -2.16. The molecule has 0 heterocycles. The molecule has 8 N–H and O–H groups in total. The van der Waals surface area contributed by atoms with Crippen LogP contribution in [-0.2, 0) is 58.3 Å². The van der Waals surface area contributed by atoms with Gasteiger partial charge in [-0.2, -0.15) is 33.7 Å². The first-order valence-corrected chi connectivity index (χ1v) is 50.3. The van der Waals surface area contributed by atoms with Gasteiger partial charge in [-0.1, -0.05) is 415 Å². The van der Waals surface area contributed by atoms with Crippen LogP contribution in [0.25, 0.3) is 0 Å². The molecule has 0 bridgehead atoms. The Bertz CT molecular complexity index is 1650. The summed E-state index contributed by atoms with van der Waals surface area (Å²) in [5.74, 6) is 0. The minimum absolute atomic E-state index is 0.870. The fraction of sp³-hybridized carbons (Fsp3) is 1.00. The summed E-state index contributed by atoms with van der Waals surface area (Å²) in [5, 5.41) is 14.4. The van der Waals surface area contributed by atoms with Crippen LogP contribution < -0.4 is 21.3 Å². The molecule has 0 radical (unpaired) electrons. The fourth-order valence-corrected chi connectivity index (χ4v) is 11.6. The van der Waals surface area contributed by atoms with E-state index in [2.05, 4.69) is 93.4 Å². The average molecular weight is 1640 g/mol. The van der Waals surface area contributed by atoms with Gasteiger partial charge in [0.25, 0.3) is 0 Å². The van der Waals surface area contributed by atoms with Gasteiger partial charge in [-0.15, -0.1) is 0 Å². The molecule has 0 unspecified atom stereocenters. The smallest absolute Gasteiger partial charge is 0.317 e. The molecule has 0 atom stereocenters. The second-order valence-electron chi connectivity index (χ2n) is 29.2. The van der Waals surface area contributed by atoms with E-state index >= 15 is 0 Å². The Balaban J connectivity index is -0.000000186. The van der Waals surface area contributed by atoms with Crippen LogP contribution in [0.5, 0.6) is 0 Å². The summed E-state index contributed by atoms with van der Waals surface area (Å²) >= 11 is 0. The van der Waals surface area contributed by atoms with Crippen LogP contribution in [0.3, 0.4) is 0 Å². The van der Waals surface area contributed by atoms with Gasteiger partial charge in [-0.05, 0) is 104 Å². The second kappa shape index (κ2) is 110. The summed E-state index contributed by atoms with van der Waals surface area (Å²) in [6.45, 7) is 28.3. The Labute approximate surface area is 674 Å². The highest BCUT2D eigenvalue weighted by molar-refractivity contribution is 7.81. The molecule has 664 valence electrons. The predicted octanol–water partition coefficient (Wildman–Crippen LogP) is 25.2. The number of nitrogens with one attached hydrogen (secondary N) is 4. The Morgan fingerprint density at radius 2 is 0.222 bits per heavy atom. The van der Waals surface area contributed by atoms with E-state index in [1.165, 1.54) is 463 Å². The summed E-state index contributed by atoms with van der Waals surface area (Å²) < 4.78 is 119. The number of unbranched alkanes of at least 4 members (excludes halogenated alkanes) is 56. The first kappa shape index (κ1) is 123. The number of rotatable bonds is 76. The molecule has 0 aliphatic rings. The van der Waals surface area contributed by atoms with Gasteiger partial charge in [-0.25, -0.2) is 0 Å². The molecular weight excluding hydrogens is 1450 g/mol. The Morgan fingerprint density at radius 3 is 0.287 bits per heavy atom. The molecule has 108 heavy (non-hydrogen) atoms. The maximum absolute atomic E-state index is 9.33. The largest absolute Gasteiger partial charge is 0.397 e. The van der Waals surface area contributed by atoms with E-state index in [0.29, 0.717) is 0 Å². The average Bonchev–Trinajstić information content (AvgIpc) is 1.20. The van der Waals surface area contributed by atoms with Crippen LogP contribution in [0.1, 0.15) is 466 Å². The summed E-state index contributed by atoms with van der Waals surface area (Å²) in [6.07, 6.45) is 91.3. The minimum atomic E-state index is -4.16. The van der Waals surface area contributed by atoms with Gasteiger partial charge >= 0.3 is 41.6 Å². The van der Waals surface area contributed by atoms with Gasteiger partial charge in [0.05, 0.1) is 28.4 Å². The lowest BCUT2D eigenvalue weighted by molar-refractivity contribution is 0.323. The van der Waals surface area contributed by atoms with Gasteiger partial charge in [0.1, 0.15) is 0 Å². The van der Waals surface area contributed by atoms with E-state index in [1.54, 1.807) is 0 Å². The third kappa shape index (κ3) is 165. The van der Waals surface area contributed by atoms with Crippen molar-refractivity contribution in [3.8, 4) is 0 Å². The topological polar surface area (TPSA) is 303 Å². The second-order valence-corrected chi connectivity index (χ2v) is 33.9. The first-order chi connectivity index (χ1) is 51.9.